The minimum absolute atomic E-state index is 0.0430. The molecule has 0 fully saturated rings. The standard InChI is InChI=1S/C16H26N4O2/c1-5-11(4)18-15(21)13-12-8-6-7-9-20(12)14(19-13)16(22)17-10(2)3/h10-11H,5-9H2,1-4H3,(H,17,22)(H,18,21). The lowest BCUT2D eigenvalue weighted by Crippen LogP contribution is -2.33. The summed E-state index contributed by atoms with van der Waals surface area (Å²) in [6.45, 7) is 8.56. The van der Waals surface area contributed by atoms with Gasteiger partial charge in [-0.05, 0) is 46.5 Å². The molecule has 1 aromatic heterocycles. The van der Waals surface area contributed by atoms with Gasteiger partial charge in [0, 0.05) is 18.6 Å². The van der Waals surface area contributed by atoms with Crippen LogP contribution in [0, 0.1) is 0 Å². The molecule has 2 heterocycles. The molecular formula is C16H26N4O2. The van der Waals surface area contributed by atoms with Crippen LogP contribution >= 0.6 is 0 Å². The van der Waals surface area contributed by atoms with E-state index in [-0.39, 0.29) is 23.9 Å². The highest BCUT2D eigenvalue weighted by Crippen LogP contribution is 2.21. The Morgan fingerprint density at radius 1 is 1.18 bits per heavy atom. The Labute approximate surface area is 131 Å². The average molecular weight is 306 g/mol. The van der Waals surface area contributed by atoms with Crippen LogP contribution in [0.5, 0.6) is 0 Å². The van der Waals surface area contributed by atoms with Crippen LogP contribution in [0.2, 0.25) is 0 Å². The third kappa shape index (κ3) is 3.48. The fraction of sp³-hybridized carbons (Fsp3) is 0.688. The number of imidazole rings is 1. The monoisotopic (exact) mass is 306 g/mol. The normalized spacial score (nSPS) is 15.3. The van der Waals surface area contributed by atoms with Crippen molar-refractivity contribution in [3.05, 3.63) is 17.2 Å². The molecule has 6 nitrogen and oxygen atoms in total. The van der Waals surface area contributed by atoms with E-state index in [1.165, 1.54) is 0 Å². The number of rotatable bonds is 5. The molecular weight excluding hydrogens is 280 g/mol. The summed E-state index contributed by atoms with van der Waals surface area (Å²) in [6, 6.07) is 0.141. The third-order valence-electron chi connectivity index (χ3n) is 3.95. The van der Waals surface area contributed by atoms with Crippen LogP contribution in [-0.4, -0.2) is 33.4 Å². The van der Waals surface area contributed by atoms with Crippen molar-refractivity contribution in [3.8, 4) is 0 Å². The van der Waals surface area contributed by atoms with Crippen molar-refractivity contribution in [2.75, 3.05) is 0 Å². The van der Waals surface area contributed by atoms with Crippen LogP contribution in [-0.2, 0) is 13.0 Å². The number of fused-ring (bicyclic) bond motifs is 1. The van der Waals surface area contributed by atoms with Gasteiger partial charge in [0.05, 0.1) is 5.69 Å². The molecule has 0 spiro atoms. The van der Waals surface area contributed by atoms with Gasteiger partial charge in [-0.15, -0.1) is 0 Å². The van der Waals surface area contributed by atoms with Crippen LogP contribution < -0.4 is 10.6 Å². The molecule has 1 aliphatic heterocycles. The van der Waals surface area contributed by atoms with Crippen LogP contribution in [0.15, 0.2) is 0 Å². The van der Waals surface area contributed by atoms with Crippen molar-refractivity contribution in [1.29, 1.82) is 0 Å². The number of nitrogens with zero attached hydrogens (tertiary/aromatic N) is 2. The van der Waals surface area contributed by atoms with Gasteiger partial charge in [-0.3, -0.25) is 9.59 Å². The van der Waals surface area contributed by atoms with Gasteiger partial charge in [0.1, 0.15) is 5.69 Å². The molecule has 1 atom stereocenters. The number of aromatic nitrogens is 2. The van der Waals surface area contributed by atoms with Gasteiger partial charge >= 0.3 is 0 Å². The molecule has 0 saturated heterocycles. The van der Waals surface area contributed by atoms with Crippen LogP contribution in [0.1, 0.15) is 73.8 Å². The van der Waals surface area contributed by atoms with Gasteiger partial charge in [0.2, 0.25) is 0 Å². The lowest BCUT2D eigenvalue weighted by molar-refractivity contribution is 0.0926. The van der Waals surface area contributed by atoms with Crippen molar-refractivity contribution in [2.45, 2.75) is 72.0 Å². The lowest BCUT2D eigenvalue weighted by Gasteiger charge is -2.18. The molecule has 0 radical (unpaired) electrons. The fourth-order valence-corrected chi connectivity index (χ4v) is 2.62. The first-order valence-corrected chi connectivity index (χ1v) is 8.15. The largest absolute Gasteiger partial charge is 0.348 e. The van der Waals surface area contributed by atoms with E-state index in [1.54, 1.807) is 0 Å². The molecule has 22 heavy (non-hydrogen) atoms. The summed E-state index contributed by atoms with van der Waals surface area (Å²) in [4.78, 5) is 29.1. The minimum atomic E-state index is -0.208. The number of nitrogens with one attached hydrogen (secondary N) is 2. The average Bonchev–Trinajstić information content (AvgIpc) is 2.86. The van der Waals surface area contributed by atoms with E-state index in [2.05, 4.69) is 15.6 Å². The van der Waals surface area contributed by atoms with Gasteiger partial charge in [-0.1, -0.05) is 6.92 Å². The molecule has 0 aliphatic carbocycles. The number of hydrogen-bond donors (Lipinski definition) is 2. The molecule has 2 amide bonds. The molecule has 6 heteroatoms. The highest BCUT2D eigenvalue weighted by Gasteiger charge is 2.27. The van der Waals surface area contributed by atoms with Crippen molar-refractivity contribution in [2.24, 2.45) is 0 Å². The Hall–Kier alpha value is -1.85. The van der Waals surface area contributed by atoms with E-state index in [0.717, 1.165) is 37.9 Å². The van der Waals surface area contributed by atoms with E-state index >= 15 is 0 Å². The van der Waals surface area contributed by atoms with Crippen molar-refractivity contribution < 1.29 is 9.59 Å². The third-order valence-corrected chi connectivity index (χ3v) is 3.95. The SMILES string of the molecule is CCC(C)NC(=O)c1nc(C(=O)NC(C)C)n2c1CCCC2. The lowest BCUT2D eigenvalue weighted by atomic mass is 10.1. The maximum atomic E-state index is 12.4. The molecule has 2 rings (SSSR count). The van der Waals surface area contributed by atoms with Crippen molar-refractivity contribution >= 4 is 11.8 Å². The Morgan fingerprint density at radius 2 is 1.91 bits per heavy atom. The van der Waals surface area contributed by atoms with Gasteiger partial charge in [0.15, 0.2) is 5.82 Å². The Bertz CT molecular complexity index is 563. The van der Waals surface area contributed by atoms with E-state index in [0.29, 0.717) is 11.5 Å². The number of carbonyl (C=O) groups is 2. The van der Waals surface area contributed by atoms with Crippen LogP contribution in [0.4, 0.5) is 0 Å². The summed E-state index contributed by atoms with van der Waals surface area (Å²) < 4.78 is 1.91. The second-order valence-electron chi connectivity index (χ2n) is 6.25. The summed E-state index contributed by atoms with van der Waals surface area (Å²) in [5.41, 5.74) is 1.30. The Balaban J connectivity index is 2.33. The predicted molar refractivity (Wildman–Crippen MR) is 85.0 cm³/mol. The molecule has 0 bridgehead atoms. The maximum absolute atomic E-state index is 12.4. The summed E-state index contributed by atoms with van der Waals surface area (Å²) in [5, 5.41) is 5.80. The molecule has 1 aromatic rings. The zero-order valence-electron chi connectivity index (χ0n) is 13.9. The quantitative estimate of drug-likeness (QED) is 0.872. The highest BCUT2D eigenvalue weighted by molar-refractivity contribution is 5.97. The van der Waals surface area contributed by atoms with Gasteiger partial charge in [0.25, 0.3) is 11.8 Å². The number of hydrogen-bond acceptors (Lipinski definition) is 3. The van der Waals surface area contributed by atoms with Crippen LogP contribution in [0.3, 0.4) is 0 Å². The first-order valence-electron chi connectivity index (χ1n) is 8.15. The summed E-state index contributed by atoms with van der Waals surface area (Å²) in [7, 11) is 0. The van der Waals surface area contributed by atoms with E-state index < -0.39 is 0 Å². The molecule has 1 aliphatic rings. The number of carbonyl (C=O) groups excluding carboxylic acids is 2. The zero-order valence-corrected chi connectivity index (χ0v) is 13.9. The van der Waals surface area contributed by atoms with Gasteiger partial charge in [-0.2, -0.15) is 0 Å². The maximum Gasteiger partial charge on any atom is 0.287 e. The van der Waals surface area contributed by atoms with Crippen LogP contribution in [0.25, 0.3) is 0 Å². The van der Waals surface area contributed by atoms with E-state index in [4.69, 9.17) is 0 Å². The van der Waals surface area contributed by atoms with Crippen molar-refractivity contribution in [3.63, 3.8) is 0 Å². The Morgan fingerprint density at radius 3 is 2.55 bits per heavy atom. The van der Waals surface area contributed by atoms with Gasteiger partial charge in [-0.25, -0.2) is 4.98 Å². The zero-order chi connectivity index (χ0) is 16.3. The second-order valence-corrected chi connectivity index (χ2v) is 6.25. The number of amides is 2. The topological polar surface area (TPSA) is 76.0 Å². The molecule has 0 saturated carbocycles. The molecule has 122 valence electrons. The minimum Gasteiger partial charge on any atom is -0.348 e. The van der Waals surface area contributed by atoms with E-state index in [9.17, 15) is 9.59 Å². The molecule has 1 unspecified atom stereocenters. The summed E-state index contributed by atoms with van der Waals surface area (Å²) in [6.07, 6.45) is 3.70. The smallest absolute Gasteiger partial charge is 0.287 e. The van der Waals surface area contributed by atoms with E-state index in [1.807, 2.05) is 32.3 Å². The first kappa shape index (κ1) is 16.5. The van der Waals surface area contributed by atoms with Gasteiger partial charge < -0.3 is 15.2 Å². The first-order chi connectivity index (χ1) is 10.4. The molecule has 2 N–H and O–H groups in total. The fourth-order valence-electron chi connectivity index (χ4n) is 2.62. The van der Waals surface area contributed by atoms with Crippen molar-refractivity contribution in [1.82, 2.24) is 20.2 Å². The predicted octanol–water partition coefficient (Wildman–Crippen LogP) is 1.89. The Kier molecular flexibility index (Phi) is 5.21. The highest BCUT2D eigenvalue weighted by atomic mass is 16.2. The summed E-state index contributed by atoms with van der Waals surface area (Å²) in [5.74, 6) is -0.0259. The molecule has 0 aromatic carbocycles. The second kappa shape index (κ2) is 6.94. The summed E-state index contributed by atoms with van der Waals surface area (Å²) >= 11 is 0.